The van der Waals surface area contributed by atoms with E-state index in [0.717, 1.165) is 47.2 Å². The van der Waals surface area contributed by atoms with Gasteiger partial charge in [-0.3, -0.25) is 9.69 Å². The second-order valence-electron chi connectivity index (χ2n) is 6.96. The lowest BCUT2D eigenvalue weighted by molar-refractivity contribution is -0.121. The molecule has 1 saturated heterocycles. The Balaban J connectivity index is 1.32. The first-order chi connectivity index (χ1) is 13.6. The summed E-state index contributed by atoms with van der Waals surface area (Å²) in [5.74, 6) is 1.28. The standard InChI is InChI=1S/C19H22N6O2S/c1-12-21-23-17(27-12)11-25-8-6-14(7-9-25)18(26)20-16-5-3-4-15(10-16)19-24-22-13(2)28-19/h3-5,10,14H,6-9,11H2,1-2H3,(H,20,26). The van der Waals surface area contributed by atoms with Gasteiger partial charge in [-0.2, -0.15) is 0 Å². The molecule has 2 aromatic heterocycles. The van der Waals surface area contributed by atoms with Crippen LogP contribution in [0.25, 0.3) is 10.6 Å². The quantitative estimate of drug-likeness (QED) is 0.705. The number of aromatic nitrogens is 4. The number of aryl methyl sites for hydroxylation is 2. The van der Waals surface area contributed by atoms with Crippen LogP contribution >= 0.6 is 11.3 Å². The Kier molecular flexibility index (Phi) is 5.45. The van der Waals surface area contributed by atoms with Crippen LogP contribution in [0.3, 0.4) is 0 Å². The molecule has 1 N–H and O–H groups in total. The molecule has 28 heavy (non-hydrogen) atoms. The Morgan fingerprint density at radius 1 is 1.21 bits per heavy atom. The zero-order valence-corrected chi connectivity index (χ0v) is 16.7. The molecule has 4 rings (SSSR count). The monoisotopic (exact) mass is 398 g/mol. The number of nitrogens with zero attached hydrogens (tertiary/aromatic N) is 5. The number of hydrogen-bond donors (Lipinski definition) is 1. The van der Waals surface area contributed by atoms with Crippen molar-refractivity contribution in [3.63, 3.8) is 0 Å². The maximum Gasteiger partial charge on any atom is 0.230 e. The predicted octanol–water partition coefficient (Wildman–Crippen LogP) is 3.06. The van der Waals surface area contributed by atoms with Crippen LogP contribution in [0.15, 0.2) is 28.7 Å². The van der Waals surface area contributed by atoms with Crippen molar-refractivity contribution >= 4 is 22.9 Å². The number of carbonyl (C=O) groups excluding carboxylic acids is 1. The summed E-state index contributed by atoms with van der Waals surface area (Å²) in [6.07, 6.45) is 1.63. The second kappa shape index (κ2) is 8.15. The zero-order valence-electron chi connectivity index (χ0n) is 15.9. The fourth-order valence-electron chi connectivity index (χ4n) is 3.33. The molecule has 146 valence electrons. The third-order valence-corrected chi connectivity index (χ3v) is 5.68. The molecule has 0 radical (unpaired) electrons. The van der Waals surface area contributed by atoms with E-state index in [0.29, 0.717) is 18.3 Å². The molecule has 1 aliphatic rings. The van der Waals surface area contributed by atoms with Crippen molar-refractivity contribution in [2.75, 3.05) is 18.4 Å². The van der Waals surface area contributed by atoms with Gasteiger partial charge < -0.3 is 9.73 Å². The molecule has 0 atom stereocenters. The van der Waals surface area contributed by atoms with E-state index in [4.69, 9.17) is 4.42 Å². The van der Waals surface area contributed by atoms with Crippen molar-refractivity contribution in [3.05, 3.63) is 41.1 Å². The second-order valence-corrected chi connectivity index (χ2v) is 8.14. The summed E-state index contributed by atoms with van der Waals surface area (Å²) in [5, 5.41) is 21.0. The number of carbonyl (C=O) groups is 1. The van der Waals surface area contributed by atoms with Crippen molar-refractivity contribution in [1.82, 2.24) is 25.3 Å². The van der Waals surface area contributed by atoms with Gasteiger partial charge in [0.25, 0.3) is 0 Å². The molecule has 1 amide bonds. The Morgan fingerprint density at radius 3 is 2.71 bits per heavy atom. The first kappa shape index (κ1) is 18.7. The van der Waals surface area contributed by atoms with Crippen LogP contribution in [0.1, 0.15) is 29.6 Å². The molecule has 1 fully saturated rings. The smallest absolute Gasteiger partial charge is 0.230 e. The van der Waals surface area contributed by atoms with E-state index in [9.17, 15) is 4.79 Å². The Labute approximate surface area is 167 Å². The summed E-state index contributed by atoms with van der Waals surface area (Å²) >= 11 is 1.54. The number of piperidine rings is 1. The number of hydrogen-bond acceptors (Lipinski definition) is 8. The summed E-state index contributed by atoms with van der Waals surface area (Å²) in [7, 11) is 0. The van der Waals surface area contributed by atoms with Crippen LogP contribution in [0, 0.1) is 19.8 Å². The fourth-order valence-corrected chi connectivity index (χ4v) is 4.02. The van der Waals surface area contributed by atoms with E-state index < -0.39 is 0 Å². The largest absolute Gasteiger partial charge is 0.424 e. The maximum atomic E-state index is 12.7. The van der Waals surface area contributed by atoms with E-state index in [1.165, 1.54) is 0 Å². The normalized spacial score (nSPS) is 15.6. The third kappa shape index (κ3) is 4.42. The lowest BCUT2D eigenvalue weighted by Gasteiger charge is -2.30. The Morgan fingerprint density at radius 2 is 2.04 bits per heavy atom. The average molecular weight is 398 g/mol. The van der Waals surface area contributed by atoms with Gasteiger partial charge in [-0.15, -0.1) is 20.4 Å². The Bertz CT molecular complexity index is 961. The van der Waals surface area contributed by atoms with Gasteiger partial charge in [0.2, 0.25) is 17.7 Å². The summed E-state index contributed by atoms with van der Waals surface area (Å²) in [6, 6.07) is 7.76. The number of amides is 1. The molecular formula is C19H22N6O2S. The number of likely N-dealkylation sites (tertiary alicyclic amines) is 1. The molecule has 8 nitrogen and oxygen atoms in total. The Hall–Kier alpha value is -2.65. The van der Waals surface area contributed by atoms with Crippen LogP contribution in [0.4, 0.5) is 5.69 Å². The van der Waals surface area contributed by atoms with Gasteiger partial charge in [0.15, 0.2) is 0 Å². The molecule has 0 unspecified atom stereocenters. The van der Waals surface area contributed by atoms with Gasteiger partial charge in [-0.25, -0.2) is 0 Å². The lowest BCUT2D eigenvalue weighted by atomic mass is 9.95. The van der Waals surface area contributed by atoms with Gasteiger partial charge in [0, 0.05) is 24.1 Å². The molecular weight excluding hydrogens is 376 g/mol. The van der Waals surface area contributed by atoms with Gasteiger partial charge in [-0.1, -0.05) is 23.5 Å². The van der Waals surface area contributed by atoms with Crippen molar-refractivity contribution in [2.24, 2.45) is 5.92 Å². The van der Waals surface area contributed by atoms with Crippen LogP contribution in [0.2, 0.25) is 0 Å². The summed E-state index contributed by atoms with van der Waals surface area (Å²) in [5.41, 5.74) is 1.76. The highest BCUT2D eigenvalue weighted by Gasteiger charge is 2.26. The van der Waals surface area contributed by atoms with E-state index >= 15 is 0 Å². The first-order valence-electron chi connectivity index (χ1n) is 9.29. The lowest BCUT2D eigenvalue weighted by Crippen LogP contribution is -2.37. The van der Waals surface area contributed by atoms with Crippen molar-refractivity contribution < 1.29 is 9.21 Å². The van der Waals surface area contributed by atoms with E-state index in [1.807, 2.05) is 31.2 Å². The van der Waals surface area contributed by atoms with Gasteiger partial charge in [0.1, 0.15) is 10.0 Å². The molecule has 0 bridgehead atoms. The summed E-state index contributed by atoms with van der Waals surface area (Å²) < 4.78 is 5.44. The molecule has 3 heterocycles. The topological polar surface area (TPSA) is 97.0 Å². The van der Waals surface area contributed by atoms with Gasteiger partial charge in [0.05, 0.1) is 6.54 Å². The number of rotatable bonds is 5. The molecule has 0 spiro atoms. The average Bonchev–Trinajstić information content (AvgIpc) is 3.31. The summed E-state index contributed by atoms with van der Waals surface area (Å²) in [4.78, 5) is 14.9. The first-order valence-corrected chi connectivity index (χ1v) is 10.1. The number of benzene rings is 1. The van der Waals surface area contributed by atoms with Crippen molar-refractivity contribution in [1.29, 1.82) is 0 Å². The van der Waals surface area contributed by atoms with Gasteiger partial charge >= 0.3 is 0 Å². The minimum atomic E-state index is 0.00750. The van der Waals surface area contributed by atoms with Crippen LogP contribution in [-0.2, 0) is 11.3 Å². The van der Waals surface area contributed by atoms with Crippen LogP contribution in [-0.4, -0.2) is 44.3 Å². The van der Waals surface area contributed by atoms with Gasteiger partial charge in [-0.05, 0) is 45.0 Å². The highest BCUT2D eigenvalue weighted by molar-refractivity contribution is 7.14. The van der Waals surface area contributed by atoms with Crippen LogP contribution in [0.5, 0.6) is 0 Å². The minimum Gasteiger partial charge on any atom is -0.424 e. The molecule has 9 heteroatoms. The number of nitrogens with one attached hydrogen (secondary N) is 1. The predicted molar refractivity (Wildman–Crippen MR) is 106 cm³/mol. The number of anilines is 1. The highest BCUT2D eigenvalue weighted by Crippen LogP contribution is 2.26. The summed E-state index contributed by atoms with van der Waals surface area (Å²) in [6.45, 7) is 6.03. The SMILES string of the molecule is Cc1nnc(CN2CCC(C(=O)Nc3cccc(-c4nnc(C)s4)c3)CC2)o1. The van der Waals surface area contributed by atoms with Crippen molar-refractivity contribution in [3.8, 4) is 10.6 Å². The minimum absolute atomic E-state index is 0.00750. The molecule has 3 aromatic rings. The maximum absolute atomic E-state index is 12.7. The zero-order chi connectivity index (χ0) is 19.5. The van der Waals surface area contributed by atoms with E-state index in [-0.39, 0.29) is 11.8 Å². The molecule has 1 aromatic carbocycles. The molecule has 0 aliphatic carbocycles. The van der Waals surface area contributed by atoms with E-state index in [2.05, 4.69) is 30.6 Å². The van der Waals surface area contributed by atoms with E-state index in [1.54, 1.807) is 18.3 Å². The van der Waals surface area contributed by atoms with Crippen molar-refractivity contribution in [2.45, 2.75) is 33.2 Å². The third-order valence-electron chi connectivity index (χ3n) is 4.79. The fraction of sp³-hybridized carbons (Fsp3) is 0.421. The molecule has 0 saturated carbocycles. The van der Waals surface area contributed by atoms with Crippen LogP contribution < -0.4 is 5.32 Å². The highest BCUT2D eigenvalue weighted by atomic mass is 32.1. The molecule has 1 aliphatic heterocycles.